The van der Waals surface area contributed by atoms with Gasteiger partial charge in [-0.1, -0.05) is 12.1 Å². The number of amides is 1. The Bertz CT molecular complexity index is 551. The number of methoxy groups -OCH3 is 1. The molecule has 0 fully saturated rings. The van der Waals surface area contributed by atoms with Crippen molar-refractivity contribution in [2.75, 3.05) is 13.7 Å². The highest BCUT2D eigenvalue weighted by molar-refractivity contribution is 14.1. The highest BCUT2D eigenvalue weighted by atomic mass is 127. The summed E-state index contributed by atoms with van der Waals surface area (Å²) in [6, 6.07) is 8.16. The number of halogens is 1. The molecule has 0 saturated carbocycles. The topological polar surface area (TPSA) is 46.6 Å². The number of hydrogen-bond acceptors (Lipinski definition) is 3. The molecule has 0 saturated heterocycles. The molecule has 0 spiro atoms. The Kier molecular flexibility index (Phi) is 4.80. The predicted molar refractivity (Wildman–Crippen MR) is 84.0 cm³/mol. The molecule has 106 valence electrons. The van der Waals surface area contributed by atoms with Crippen molar-refractivity contribution in [2.45, 2.75) is 19.3 Å². The van der Waals surface area contributed by atoms with Crippen molar-refractivity contribution in [3.8, 4) is 0 Å². The average Bonchev–Trinajstić information content (AvgIpc) is 2.46. The van der Waals surface area contributed by atoms with Crippen LogP contribution in [0.1, 0.15) is 24.8 Å². The Balaban J connectivity index is 2.28. The van der Waals surface area contributed by atoms with Gasteiger partial charge in [-0.25, -0.2) is 4.79 Å². The van der Waals surface area contributed by atoms with Gasteiger partial charge in [-0.3, -0.25) is 4.79 Å². The second-order valence-corrected chi connectivity index (χ2v) is 6.02. The minimum absolute atomic E-state index is 0.0679. The van der Waals surface area contributed by atoms with Crippen LogP contribution < -0.4 is 0 Å². The van der Waals surface area contributed by atoms with Gasteiger partial charge >= 0.3 is 5.97 Å². The standard InChI is InChI=1S/C15H16INO3/c1-10(18)17-8-12(7-13(9-17)15(19)20-2)11-3-5-14(16)6-4-11/h3-6,9,12H,7-8H2,1-2H3. The van der Waals surface area contributed by atoms with Gasteiger partial charge in [-0.2, -0.15) is 0 Å². The van der Waals surface area contributed by atoms with Gasteiger partial charge < -0.3 is 9.64 Å². The number of ether oxygens (including phenoxy) is 1. The van der Waals surface area contributed by atoms with Crippen LogP contribution in [0, 0.1) is 3.57 Å². The van der Waals surface area contributed by atoms with Crippen LogP contribution >= 0.6 is 22.6 Å². The first-order chi connectivity index (χ1) is 9.51. The van der Waals surface area contributed by atoms with E-state index in [1.165, 1.54) is 14.0 Å². The molecule has 1 atom stereocenters. The van der Waals surface area contributed by atoms with Crippen molar-refractivity contribution >= 4 is 34.5 Å². The van der Waals surface area contributed by atoms with E-state index in [0.717, 1.165) is 9.13 Å². The highest BCUT2D eigenvalue weighted by Crippen LogP contribution is 2.30. The van der Waals surface area contributed by atoms with Gasteiger partial charge in [0.25, 0.3) is 0 Å². The van der Waals surface area contributed by atoms with Gasteiger partial charge in [-0.15, -0.1) is 0 Å². The number of esters is 1. The van der Waals surface area contributed by atoms with Crippen molar-refractivity contribution in [3.63, 3.8) is 0 Å². The van der Waals surface area contributed by atoms with Crippen molar-refractivity contribution in [1.29, 1.82) is 0 Å². The zero-order valence-electron chi connectivity index (χ0n) is 11.4. The number of nitrogens with zero attached hydrogens (tertiary/aromatic N) is 1. The van der Waals surface area contributed by atoms with E-state index in [0.29, 0.717) is 18.5 Å². The molecule has 4 nitrogen and oxygen atoms in total. The molecule has 1 unspecified atom stereocenters. The molecule has 1 aromatic rings. The molecule has 5 heteroatoms. The molecule has 0 radical (unpaired) electrons. The minimum Gasteiger partial charge on any atom is -0.466 e. The van der Waals surface area contributed by atoms with Gasteiger partial charge in [0.05, 0.1) is 12.7 Å². The normalized spacial score (nSPS) is 18.4. The molecular formula is C15H16INO3. The molecule has 20 heavy (non-hydrogen) atoms. The van der Waals surface area contributed by atoms with Crippen LogP contribution in [0.4, 0.5) is 0 Å². The Morgan fingerprint density at radius 2 is 1.95 bits per heavy atom. The third kappa shape index (κ3) is 3.39. The number of rotatable bonds is 2. The maximum absolute atomic E-state index is 11.7. The molecule has 0 N–H and O–H groups in total. The van der Waals surface area contributed by atoms with Gasteiger partial charge in [0.1, 0.15) is 0 Å². The summed E-state index contributed by atoms with van der Waals surface area (Å²) in [4.78, 5) is 24.9. The summed E-state index contributed by atoms with van der Waals surface area (Å²) in [7, 11) is 1.36. The molecular weight excluding hydrogens is 369 g/mol. The Morgan fingerprint density at radius 1 is 1.30 bits per heavy atom. The second kappa shape index (κ2) is 6.39. The van der Waals surface area contributed by atoms with Crippen LogP contribution in [0.15, 0.2) is 36.0 Å². The van der Waals surface area contributed by atoms with Crippen LogP contribution in [-0.2, 0) is 14.3 Å². The summed E-state index contributed by atoms with van der Waals surface area (Å²) >= 11 is 2.25. The van der Waals surface area contributed by atoms with Crippen molar-refractivity contribution < 1.29 is 14.3 Å². The summed E-state index contributed by atoms with van der Waals surface area (Å²) in [5.74, 6) is -0.317. The average molecular weight is 385 g/mol. The molecule has 0 aromatic heterocycles. The van der Waals surface area contributed by atoms with Crippen molar-refractivity contribution in [3.05, 3.63) is 45.2 Å². The van der Waals surface area contributed by atoms with Crippen LogP contribution in [0.3, 0.4) is 0 Å². The maximum Gasteiger partial charge on any atom is 0.335 e. The van der Waals surface area contributed by atoms with Gasteiger partial charge in [0.15, 0.2) is 0 Å². The lowest BCUT2D eigenvalue weighted by Gasteiger charge is -2.30. The molecule has 0 bridgehead atoms. The molecule has 1 aliphatic heterocycles. The zero-order chi connectivity index (χ0) is 14.7. The molecule has 1 heterocycles. The largest absolute Gasteiger partial charge is 0.466 e. The third-order valence-corrected chi connectivity index (χ3v) is 4.11. The molecule has 1 aromatic carbocycles. The zero-order valence-corrected chi connectivity index (χ0v) is 13.6. The predicted octanol–water partition coefficient (Wildman–Crippen LogP) is 2.68. The lowest BCUT2D eigenvalue weighted by molar-refractivity contribution is -0.136. The van der Waals surface area contributed by atoms with Crippen LogP contribution in [0.2, 0.25) is 0 Å². The lowest BCUT2D eigenvalue weighted by Crippen LogP contribution is -2.33. The van der Waals surface area contributed by atoms with E-state index in [-0.39, 0.29) is 17.8 Å². The smallest absolute Gasteiger partial charge is 0.335 e. The van der Waals surface area contributed by atoms with Crippen LogP contribution in [0.25, 0.3) is 0 Å². The molecule has 1 aliphatic rings. The van der Waals surface area contributed by atoms with E-state index in [4.69, 9.17) is 4.74 Å². The van der Waals surface area contributed by atoms with Gasteiger partial charge in [-0.05, 0) is 46.7 Å². The molecule has 2 rings (SSSR count). The second-order valence-electron chi connectivity index (χ2n) is 4.77. The fourth-order valence-corrected chi connectivity index (χ4v) is 2.67. The fourth-order valence-electron chi connectivity index (χ4n) is 2.31. The van der Waals surface area contributed by atoms with Gasteiger partial charge in [0.2, 0.25) is 5.91 Å². The first-order valence-electron chi connectivity index (χ1n) is 6.33. The quantitative estimate of drug-likeness (QED) is 0.581. The Morgan fingerprint density at radius 3 is 2.50 bits per heavy atom. The Labute approximate surface area is 131 Å². The SMILES string of the molecule is COC(=O)C1=CN(C(C)=O)CC(c2ccc(I)cc2)C1. The first kappa shape index (κ1) is 15.0. The van der Waals surface area contributed by atoms with Crippen molar-refractivity contribution in [1.82, 2.24) is 4.90 Å². The summed E-state index contributed by atoms with van der Waals surface area (Å²) in [6.45, 7) is 2.10. The van der Waals surface area contributed by atoms with E-state index < -0.39 is 0 Å². The van der Waals surface area contributed by atoms with E-state index in [1.807, 2.05) is 24.3 Å². The molecule has 0 aliphatic carbocycles. The van der Waals surface area contributed by atoms with E-state index in [1.54, 1.807) is 11.1 Å². The van der Waals surface area contributed by atoms with Crippen molar-refractivity contribution in [2.24, 2.45) is 0 Å². The van der Waals surface area contributed by atoms with Crippen LogP contribution in [0.5, 0.6) is 0 Å². The monoisotopic (exact) mass is 385 g/mol. The van der Waals surface area contributed by atoms with Gasteiger partial charge in [0, 0.05) is 29.2 Å². The Hall–Kier alpha value is -1.37. The highest BCUT2D eigenvalue weighted by Gasteiger charge is 2.27. The molecule has 1 amide bonds. The minimum atomic E-state index is -0.369. The van der Waals surface area contributed by atoms with E-state index in [9.17, 15) is 9.59 Å². The number of hydrogen-bond donors (Lipinski definition) is 0. The summed E-state index contributed by atoms with van der Waals surface area (Å²) < 4.78 is 5.94. The first-order valence-corrected chi connectivity index (χ1v) is 7.41. The van der Waals surface area contributed by atoms with Crippen LogP contribution in [-0.4, -0.2) is 30.4 Å². The van der Waals surface area contributed by atoms with E-state index in [2.05, 4.69) is 22.6 Å². The summed E-state index contributed by atoms with van der Waals surface area (Å²) in [6.07, 6.45) is 2.20. The lowest BCUT2D eigenvalue weighted by atomic mass is 9.89. The summed E-state index contributed by atoms with van der Waals surface area (Å²) in [5, 5.41) is 0. The fraction of sp³-hybridized carbons (Fsp3) is 0.333. The number of carbonyl (C=O) groups is 2. The summed E-state index contributed by atoms with van der Waals surface area (Å²) in [5.41, 5.74) is 1.67. The van der Waals surface area contributed by atoms with E-state index >= 15 is 0 Å². The maximum atomic E-state index is 11.7. The number of benzene rings is 1. The number of carbonyl (C=O) groups excluding carboxylic acids is 2. The third-order valence-electron chi connectivity index (χ3n) is 3.39.